The van der Waals surface area contributed by atoms with Gasteiger partial charge < -0.3 is 5.73 Å². The van der Waals surface area contributed by atoms with Crippen LogP contribution < -0.4 is 10.5 Å². The SMILES string of the molecule is NCC#Cc1cncc(S(=O)(=O)NC2CCCSC2)c1. The smallest absolute Gasteiger partial charge is 0.242 e. The maximum Gasteiger partial charge on any atom is 0.242 e. The Morgan fingerprint density at radius 3 is 3.05 bits per heavy atom. The molecule has 1 aliphatic heterocycles. The monoisotopic (exact) mass is 311 g/mol. The van der Waals surface area contributed by atoms with Gasteiger partial charge in [0.05, 0.1) is 6.54 Å². The Hall–Kier alpha value is -1.07. The van der Waals surface area contributed by atoms with Gasteiger partial charge in [0.15, 0.2) is 0 Å². The molecule has 2 rings (SSSR count). The van der Waals surface area contributed by atoms with Crippen LogP contribution in [0.1, 0.15) is 18.4 Å². The van der Waals surface area contributed by atoms with Crippen molar-refractivity contribution in [3.63, 3.8) is 0 Å². The van der Waals surface area contributed by atoms with Crippen molar-refractivity contribution >= 4 is 21.8 Å². The molecule has 1 unspecified atom stereocenters. The molecule has 1 aliphatic rings. The molecule has 1 fully saturated rings. The Morgan fingerprint density at radius 1 is 1.50 bits per heavy atom. The largest absolute Gasteiger partial charge is 0.320 e. The van der Waals surface area contributed by atoms with E-state index in [1.54, 1.807) is 11.8 Å². The van der Waals surface area contributed by atoms with Crippen LogP contribution in [0.3, 0.4) is 0 Å². The van der Waals surface area contributed by atoms with Crippen molar-refractivity contribution in [1.82, 2.24) is 9.71 Å². The van der Waals surface area contributed by atoms with Crippen LogP contribution in [0.15, 0.2) is 23.4 Å². The molecule has 20 heavy (non-hydrogen) atoms. The van der Waals surface area contributed by atoms with Crippen LogP contribution in [0.5, 0.6) is 0 Å². The van der Waals surface area contributed by atoms with Gasteiger partial charge in [0, 0.05) is 29.8 Å². The average molecular weight is 311 g/mol. The first kappa shape index (κ1) is 15.3. The third-order valence-electron chi connectivity index (χ3n) is 2.84. The van der Waals surface area contributed by atoms with E-state index in [0.29, 0.717) is 5.56 Å². The van der Waals surface area contributed by atoms with E-state index >= 15 is 0 Å². The van der Waals surface area contributed by atoms with Crippen molar-refractivity contribution in [2.24, 2.45) is 5.73 Å². The number of aromatic nitrogens is 1. The predicted octanol–water partition coefficient (Wildman–Crippen LogP) is 0.566. The lowest BCUT2D eigenvalue weighted by molar-refractivity contribution is 0.543. The van der Waals surface area contributed by atoms with Crippen LogP contribution in [-0.2, 0) is 10.0 Å². The minimum atomic E-state index is -3.53. The lowest BCUT2D eigenvalue weighted by atomic mass is 10.2. The van der Waals surface area contributed by atoms with Gasteiger partial charge in [-0.15, -0.1) is 0 Å². The minimum Gasteiger partial charge on any atom is -0.320 e. The third-order valence-corrected chi connectivity index (χ3v) is 5.54. The molecule has 7 heteroatoms. The predicted molar refractivity (Wildman–Crippen MR) is 80.8 cm³/mol. The van der Waals surface area contributed by atoms with Gasteiger partial charge in [0.1, 0.15) is 4.90 Å². The first-order valence-electron chi connectivity index (χ1n) is 6.36. The summed E-state index contributed by atoms with van der Waals surface area (Å²) in [6.07, 6.45) is 4.79. The van der Waals surface area contributed by atoms with Gasteiger partial charge in [-0.1, -0.05) is 11.8 Å². The Balaban J connectivity index is 2.16. The minimum absolute atomic E-state index is 0.00229. The fourth-order valence-corrected chi connectivity index (χ4v) is 4.34. The lowest BCUT2D eigenvalue weighted by Gasteiger charge is -2.22. The van der Waals surface area contributed by atoms with E-state index in [0.717, 1.165) is 24.3 Å². The molecule has 0 saturated carbocycles. The number of nitrogens with one attached hydrogen (secondary N) is 1. The zero-order chi connectivity index (χ0) is 14.4. The van der Waals surface area contributed by atoms with Crippen molar-refractivity contribution in [1.29, 1.82) is 0 Å². The maximum atomic E-state index is 12.3. The third kappa shape index (κ3) is 4.21. The second-order valence-corrected chi connectivity index (χ2v) is 7.31. The van der Waals surface area contributed by atoms with Crippen LogP contribution in [0.2, 0.25) is 0 Å². The van der Waals surface area contributed by atoms with E-state index in [9.17, 15) is 8.42 Å². The van der Waals surface area contributed by atoms with Gasteiger partial charge in [-0.05, 0) is 24.7 Å². The molecule has 1 atom stereocenters. The first-order valence-corrected chi connectivity index (χ1v) is 8.99. The van der Waals surface area contributed by atoms with E-state index in [1.807, 2.05) is 0 Å². The number of hydrogen-bond donors (Lipinski definition) is 2. The van der Waals surface area contributed by atoms with Crippen molar-refractivity contribution in [2.45, 2.75) is 23.8 Å². The van der Waals surface area contributed by atoms with Crippen molar-refractivity contribution in [3.05, 3.63) is 24.0 Å². The normalized spacial score (nSPS) is 19.1. The number of sulfonamides is 1. The summed E-state index contributed by atoms with van der Waals surface area (Å²) in [5.41, 5.74) is 5.85. The zero-order valence-electron chi connectivity index (χ0n) is 11.0. The Morgan fingerprint density at radius 2 is 2.35 bits per heavy atom. The molecule has 1 aromatic heterocycles. The number of nitrogens with two attached hydrogens (primary N) is 1. The van der Waals surface area contributed by atoms with Gasteiger partial charge in [0.2, 0.25) is 10.0 Å². The summed E-state index contributed by atoms with van der Waals surface area (Å²) in [6, 6.07) is 1.52. The average Bonchev–Trinajstić information content (AvgIpc) is 2.46. The number of rotatable bonds is 3. The molecular weight excluding hydrogens is 294 g/mol. The summed E-state index contributed by atoms with van der Waals surface area (Å²) in [6.45, 7) is 0.231. The Kier molecular flexibility index (Phi) is 5.43. The van der Waals surface area contributed by atoms with Gasteiger partial charge in [-0.25, -0.2) is 13.1 Å². The van der Waals surface area contributed by atoms with Crippen LogP contribution >= 0.6 is 11.8 Å². The number of hydrogen-bond acceptors (Lipinski definition) is 5. The molecule has 0 spiro atoms. The standard InChI is InChI=1S/C13H17N3O2S2/c14-5-1-3-11-7-13(9-15-8-11)20(17,18)16-12-4-2-6-19-10-12/h7-9,12,16H,2,4-6,10,14H2. The quantitative estimate of drug-likeness (QED) is 0.797. The highest BCUT2D eigenvalue weighted by Gasteiger charge is 2.22. The molecule has 3 N–H and O–H groups in total. The highest BCUT2D eigenvalue weighted by Crippen LogP contribution is 2.19. The number of pyridine rings is 1. The second-order valence-electron chi connectivity index (χ2n) is 4.45. The Labute approximate surface area is 123 Å². The van der Waals surface area contributed by atoms with E-state index in [2.05, 4.69) is 21.5 Å². The number of nitrogens with zero attached hydrogens (tertiary/aromatic N) is 1. The molecule has 2 heterocycles. The first-order chi connectivity index (χ1) is 9.62. The summed E-state index contributed by atoms with van der Waals surface area (Å²) in [5, 5.41) is 0. The molecule has 1 aromatic rings. The van der Waals surface area contributed by atoms with Gasteiger partial charge in [-0.2, -0.15) is 11.8 Å². The highest BCUT2D eigenvalue weighted by molar-refractivity contribution is 7.99. The van der Waals surface area contributed by atoms with Gasteiger partial charge in [0.25, 0.3) is 0 Å². The Bertz CT molecular complexity index is 614. The zero-order valence-corrected chi connectivity index (χ0v) is 12.6. The maximum absolute atomic E-state index is 12.3. The molecule has 0 bridgehead atoms. The van der Waals surface area contributed by atoms with Crippen LogP contribution in [0, 0.1) is 11.8 Å². The van der Waals surface area contributed by atoms with Gasteiger partial charge in [-0.3, -0.25) is 4.98 Å². The van der Waals surface area contributed by atoms with E-state index in [1.165, 1.54) is 18.5 Å². The fraction of sp³-hybridized carbons (Fsp3) is 0.462. The molecule has 0 aliphatic carbocycles. The van der Waals surface area contributed by atoms with E-state index in [4.69, 9.17) is 5.73 Å². The van der Waals surface area contributed by atoms with Crippen molar-refractivity contribution in [2.75, 3.05) is 18.1 Å². The molecule has 0 aromatic carbocycles. The molecule has 1 saturated heterocycles. The molecule has 108 valence electrons. The van der Waals surface area contributed by atoms with Crippen LogP contribution in [0.4, 0.5) is 0 Å². The summed E-state index contributed by atoms with van der Waals surface area (Å²) in [4.78, 5) is 4.08. The van der Waals surface area contributed by atoms with Crippen LogP contribution in [0.25, 0.3) is 0 Å². The highest BCUT2D eigenvalue weighted by atomic mass is 32.2. The summed E-state index contributed by atoms with van der Waals surface area (Å²) >= 11 is 1.77. The topological polar surface area (TPSA) is 85.1 Å². The van der Waals surface area contributed by atoms with Crippen LogP contribution in [-0.4, -0.2) is 37.5 Å². The molecule has 0 radical (unpaired) electrons. The summed E-state index contributed by atoms with van der Waals surface area (Å²) < 4.78 is 27.3. The summed E-state index contributed by atoms with van der Waals surface area (Å²) in [7, 11) is -3.53. The molecule has 0 amide bonds. The fourth-order valence-electron chi connectivity index (χ4n) is 1.91. The van der Waals surface area contributed by atoms with Crippen molar-refractivity contribution in [3.8, 4) is 11.8 Å². The summed E-state index contributed by atoms with van der Waals surface area (Å²) in [5.74, 6) is 7.39. The van der Waals surface area contributed by atoms with E-state index < -0.39 is 10.0 Å². The number of thioether (sulfide) groups is 1. The molecule has 5 nitrogen and oxygen atoms in total. The van der Waals surface area contributed by atoms with Gasteiger partial charge >= 0.3 is 0 Å². The lowest BCUT2D eigenvalue weighted by Crippen LogP contribution is -2.38. The molecular formula is C13H17N3O2S2. The second kappa shape index (κ2) is 7.09. The van der Waals surface area contributed by atoms with Crippen molar-refractivity contribution < 1.29 is 8.42 Å². The van der Waals surface area contributed by atoms with E-state index in [-0.39, 0.29) is 17.5 Å².